The molecular weight excluding hydrogens is 286 g/mol. The Kier molecular flexibility index (Phi) is 3.20. The quantitative estimate of drug-likeness (QED) is 0.614. The lowest BCUT2D eigenvalue weighted by atomic mass is 10.0. The van der Waals surface area contributed by atoms with Gasteiger partial charge < -0.3 is 0 Å². The van der Waals surface area contributed by atoms with E-state index < -0.39 is 0 Å². The number of benzene rings is 2. The van der Waals surface area contributed by atoms with E-state index >= 15 is 0 Å². The fourth-order valence-corrected chi connectivity index (χ4v) is 2.70. The van der Waals surface area contributed by atoms with E-state index in [9.17, 15) is 4.79 Å². The Balaban J connectivity index is 1.83. The lowest BCUT2D eigenvalue weighted by Gasteiger charge is -2.06. The first-order valence-electron chi connectivity index (χ1n) is 7.31. The van der Waals surface area contributed by atoms with Gasteiger partial charge in [0, 0.05) is 23.3 Å². The molecule has 2 heterocycles. The maximum atomic E-state index is 11.9. The molecule has 0 spiro atoms. The maximum absolute atomic E-state index is 11.9. The summed E-state index contributed by atoms with van der Waals surface area (Å²) in [5, 5.41) is 8.31. The second-order valence-corrected chi connectivity index (χ2v) is 5.26. The summed E-state index contributed by atoms with van der Waals surface area (Å²) in [6.07, 6.45) is 3.56. The number of H-pyrrole nitrogens is 1. The van der Waals surface area contributed by atoms with E-state index in [0.717, 1.165) is 27.8 Å². The van der Waals surface area contributed by atoms with Crippen LogP contribution < -0.4 is 5.56 Å². The molecule has 0 saturated heterocycles. The zero-order chi connectivity index (χ0) is 15.6. The third-order valence-corrected chi connectivity index (χ3v) is 3.87. The fourth-order valence-electron chi connectivity index (χ4n) is 2.70. The summed E-state index contributed by atoms with van der Waals surface area (Å²) in [7, 11) is 0. The molecule has 4 aromatic rings. The standard InChI is InChI=1S/C19H13N3O/c23-19-17-4-2-1-3-16(17)18(21-22-19)15-7-5-13(6-8-15)14-9-11-20-12-10-14/h1-12H,(H,22,23). The van der Waals surface area contributed by atoms with E-state index in [0.29, 0.717) is 5.39 Å². The van der Waals surface area contributed by atoms with Crippen LogP contribution in [0.4, 0.5) is 0 Å². The van der Waals surface area contributed by atoms with Gasteiger partial charge in [0.2, 0.25) is 0 Å². The molecule has 0 aliphatic heterocycles. The molecule has 2 aromatic carbocycles. The molecule has 4 heteroatoms. The Morgan fingerprint density at radius 3 is 2.04 bits per heavy atom. The average molecular weight is 299 g/mol. The number of aromatic nitrogens is 3. The zero-order valence-electron chi connectivity index (χ0n) is 12.2. The van der Waals surface area contributed by atoms with Crippen molar-refractivity contribution in [3.05, 3.63) is 83.4 Å². The van der Waals surface area contributed by atoms with Crippen molar-refractivity contribution in [3.63, 3.8) is 0 Å². The third-order valence-electron chi connectivity index (χ3n) is 3.87. The van der Waals surface area contributed by atoms with Crippen LogP contribution in [0.15, 0.2) is 77.9 Å². The highest BCUT2D eigenvalue weighted by molar-refractivity contribution is 5.93. The average Bonchev–Trinajstić information content (AvgIpc) is 2.63. The van der Waals surface area contributed by atoms with Crippen molar-refractivity contribution in [1.29, 1.82) is 0 Å². The molecular formula is C19H13N3O. The molecule has 23 heavy (non-hydrogen) atoms. The minimum atomic E-state index is -0.169. The van der Waals surface area contributed by atoms with Gasteiger partial charge in [0.25, 0.3) is 5.56 Å². The summed E-state index contributed by atoms with van der Waals surface area (Å²) in [5.74, 6) is 0. The summed E-state index contributed by atoms with van der Waals surface area (Å²) < 4.78 is 0. The minimum absolute atomic E-state index is 0.169. The van der Waals surface area contributed by atoms with Gasteiger partial charge in [-0.25, -0.2) is 5.10 Å². The molecule has 4 rings (SSSR count). The minimum Gasteiger partial charge on any atom is -0.267 e. The Morgan fingerprint density at radius 2 is 1.30 bits per heavy atom. The van der Waals surface area contributed by atoms with Gasteiger partial charge in [-0.15, -0.1) is 0 Å². The molecule has 0 unspecified atom stereocenters. The van der Waals surface area contributed by atoms with Crippen molar-refractivity contribution in [3.8, 4) is 22.4 Å². The van der Waals surface area contributed by atoms with Crippen molar-refractivity contribution in [1.82, 2.24) is 15.2 Å². The van der Waals surface area contributed by atoms with E-state index in [1.165, 1.54) is 0 Å². The molecule has 0 atom stereocenters. The van der Waals surface area contributed by atoms with Gasteiger partial charge in [-0.05, 0) is 29.3 Å². The van der Waals surface area contributed by atoms with Gasteiger partial charge in [0.05, 0.1) is 11.1 Å². The SMILES string of the molecule is O=c1[nH]nc(-c2ccc(-c3ccncc3)cc2)c2ccccc12. The van der Waals surface area contributed by atoms with Crippen molar-refractivity contribution in [2.24, 2.45) is 0 Å². The second-order valence-electron chi connectivity index (χ2n) is 5.26. The number of fused-ring (bicyclic) bond motifs is 1. The molecule has 2 aromatic heterocycles. The summed E-state index contributed by atoms with van der Waals surface area (Å²) in [6.45, 7) is 0. The van der Waals surface area contributed by atoms with E-state index in [1.54, 1.807) is 12.4 Å². The van der Waals surface area contributed by atoms with Crippen LogP contribution in [-0.4, -0.2) is 15.2 Å². The highest BCUT2D eigenvalue weighted by Crippen LogP contribution is 2.26. The summed E-state index contributed by atoms with van der Waals surface area (Å²) in [4.78, 5) is 15.9. The molecule has 0 saturated carbocycles. The predicted molar refractivity (Wildman–Crippen MR) is 91.0 cm³/mol. The van der Waals surface area contributed by atoms with Crippen LogP contribution in [0.3, 0.4) is 0 Å². The number of nitrogens with one attached hydrogen (secondary N) is 1. The number of aromatic amines is 1. The molecule has 110 valence electrons. The summed E-state index contributed by atoms with van der Waals surface area (Å²) >= 11 is 0. The molecule has 0 aliphatic carbocycles. The molecule has 1 N–H and O–H groups in total. The van der Waals surface area contributed by atoms with Gasteiger partial charge in [-0.1, -0.05) is 42.5 Å². The highest BCUT2D eigenvalue weighted by Gasteiger charge is 2.08. The monoisotopic (exact) mass is 299 g/mol. The topological polar surface area (TPSA) is 58.6 Å². The first-order chi connectivity index (χ1) is 11.3. The molecule has 0 fully saturated rings. The third kappa shape index (κ3) is 2.40. The van der Waals surface area contributed by atoms with E-state index in [4.69, 9.17) is 0 Å². The van der Waals surface area contributed by atoms with E-state index in [-0.39, 0.29) is 5.56 Å². The van der Waals surface area contributed by atoms with Crippen LogP contribution >= 0.6 is 0 Å². The summed E-state index contributed by atoms with van der Waals surface area (Å²) in [6, 6.07) is 19.6. The van der Waals surface area contributed by atoms with Gasteiger partial charge in [-0.3, -0.25) is 9.78 Å². The van der Waals surface area contributed by atoms with Crippen LogP contribution in [0.5, 0.6) is 0 Å². The zero-order valence-corrected chi connectivity index (χ0v) is 12.2. The normalized spacial score (nSPS) is 10.8. The first-order valence-corrected chi connectivity index (χ1v) is 7.31. The molecule has 0 aliphatic rings. The fraction of sp³-hybridized carbons (Fsp3) is 0. The lowest BCUT2D eigenvalue weighted by molar-refractivity contribution is 1.02. The van der Waals surface area contributed by atoms with Crippen molar-refractivity contribution in [2.45, 2.75) is 0 Å². The van der Waals surface area contributed by atoms with E-state index in [1.807, 2.05) is 60.7 Å². The number of hydrogen-bond donors (Lipinski definition) is 1. The lowest BCUT2D eigenvalue weighted by Crippen LogP contribution is -2.09. The number of pyridine rings is 1. The number of rotatable bonds is 2. The molecule has 4 nitrogen and oxygen atoms in total. The Morgan fingerprint density at radius 1 is 0.696 bits per heavy atom. The van der Waals surface area contributed by atoms with Gasteiger partial charge in [0.15, 0.2) is 0 Å². The molecule has 0 bridgehead atoms. The number of hydrogen-bond acceptors (Lipinski definition) is 3. The van der Waals surface area contributed by atoms with Crippen LogP contribution in [0, 0.1) is 0 Å². The first kappa shape index (κ1) is 13.4. The van der Waals surface area contributed by atoms with E-state index in [2.05, 4.69) is 15.2 Å². The van der Waals surface area contributed by atoms with Gasteiger partial charge in [0.1, 0.15) is 0 Å². The maximum Gasteiger partial charge on any atom is 0.272 e. The van der Waals surface area contributed by atoms with Gasteiger partial charge >= 0.3 is 0 Å². The molecule has 0 radical (unpaired) electrons. The summed E-state index contributed by atoms with van der Waals surface area (Å²) in [5.41, 5.74) is 3.81. The van der Waals surface area contributed by atoms with Crippen LogP contribution in [0.25, 0.3) is 33.2 Å². The number of nitrogens with zero attached hydrogens (tertiary/aromatic N) is 2. The van der Waals surface area contributed by atoms with Crippen LogP contribution in [-0.2, 0) is 0 Å². The van der Waals surface area contributed by atoms with Crippen LogP contribution in [0.2, 0.25) is 0 Å². The second kappa shape index (κ2) is 5.50. The van der Waals surface area contributed by atoms with Crippen LogP contribution in [0.1, 0.15) is 0 Å². The smallest absolute Gasteiger partial charge is 0.267 e. The highest BCUT2D eigenvalue weighted by atomic mass is 16.1. The van der Waals surface area contributed by atoms with Crippen molar-refractivity contribution >= 4 is 10.8 Å². The van der Waals surface area contributed by atoms with Gasteiger partial charge in [-0.2, -0.15) is 5.10 Å². The van der Waals surface area contributed by atoms with Crippen molar-refractivity contribution < 1.29 is 0 Å². The Labute approximate surface area is 132 Å². The largest absolute Gasteiger partial charge is 0.272 e. The van der Waals surface area contributed by atoms with Crippen molar-refractivity contribution in [2.75, 3.05) is 0 Å². The Bertz CT molecular complexity index is 1020. The predicted octanol–water partition coefficient (Wildman–Crippen LogP) is 3.65. The Hall–Kier alpha value is -3.27. The molecule has 0 amide bonds.